The number of benzene rings is 1. The van der Waals surface area contributed by atoms with E-state index < -0.39 is 4.92 Å². The summed E-state index contributed by atoms with van der Waals surface area (Å²) in [5.41, 5.74) is 0.0325. The highest BCUT2D eigenvalue weighted by atomic mass is 79.9. The van der Waals surface area contributed by atoms with Crippen molar-refractivity contribution < 1.29 is 38.1 Å². The van der Waals surface area contributed by atoms with E-state index in [-0.39, 0.29) is 5.69 Å². The van der Waals surface area contributed by atoms with E-state index in [0.29, 0.717) is 91.6 Å². The van der Waals surface area contributed by atoms with Crippen molar-refractivity contribution in [3.63, 3.8) is 0 Å². The predicted molar refractivity (Wildman–Crippen MR) is 117 cm³/mol. The second kappa shape index (κ2) is 20.6. The lowest BCUT2D eigenvalue weighted by molar-refractivity contribution is -0.384. The van der Waals surface area contributed by atoms with Crippen molar-refractivity contribution in [1.82, 2.24) is 0 Å². The number of nitro groups is 1. The molecule has 0 bridgehead atoms. The Morgan fingerprint density at radius 2 is 0.968 bits per heavy atom. The van der Waals surface area contributed by atoms with E-state index in [1.807, 2.05) is 0 Å². The molecular formula is C20H32BrNO9. The third-order valence-electron chi connectivity index (χ3n) is 3.63. The first-order valence-electron chi connectivity index (χ1n) is 10.1. The summed E-state index contributed by atoms with van der Waals surface area (Å²) >= 11 is 3.28. The lowest BCUT2D eigenvalue weighted by Gasteiger charge is -2.08. The van der Waals surface area contributed by atoms with Gasteiger partial charge in [0.15, 0.2) is 0 Å². The molecule has 31 heavy (non-hydrogen) atoms. The standard InChI is InChI=1S/C20H32BrNO9/c21-5-6-25-7-8-26-9-10-27-11-12-28-13-14-29-15-16-30-17-18-31-20-3-1-19(2-4-20)22(23)24/h1-4H,5-18H2. The molecule has 0 aromatic heterocycles. The van der Waals surface area contributed by atoms with Gasteiger partial charge in [0, 0.05) is 17.5 Å². The Kier molecular flexibility index (Phi) is 18.4. The van der Waals surface area contributed by atoms with Crippen LogP contribution in [-0.4, -0.2) is 96.1 Å². The van der Waals surface area contributed by atoms with E-state index in [1.54, 1.807) is 12.1 Å². The highest BCUT2D eigenvalue weighted by molar-refractivity contribution is 9.09. The van der Waals surface area contributed by atoms with Crippen molar-refractivity contribution in [3.05, 3.63) is 34.4 Å². The van der Waals surface area contributed by atoms with Crippen molar-refractivity contribution in [2.75, 3.05) is 91.2 Å². The number of nitrogens with zero attached hydrogens (tertiary/aromatic N) is 1. The largest absolute Gasteiger partial charge is 0.491 e. The minimum Gasteiger partial charge on any atom is -0.491 e. The first kappa shape index (κ1) is 27.7. The summed E-state index contributed by atoms with van der Waals surface area (Å²) < 4.78 is 37.6. The minimum absolute atomic E-state index is 0.0325. The zero-order valence-electron chi connectivity index (χ0n) is 17.7. The zero-order valence-corrected chi connectivity index (χ0v) is 19.3. The van der Waals surface area contributed by atoms with E-state index in [4.69, 9.17) is 33.2 Å². The number of ether oxygens (including phenoxy) is 7. The summed E-state index contributed by atoms with van der Waals surface area (Å²) in [5, 5.41) is 11.4. The topological polar surface area (TPSA) is 108 Å². The van der Waals surface area contributed by atoms with Gasteiger partial charge in [-0.05, 0) is 12.1 Å². The second-order valence-corrected chi connectivity index (χ2v) is 6.76. The van der Waals surface area contributed by atoms with Crippen LogP contribution in [0.3, 0.4) is 0 Å². The monoisotopic (exact) mass is 509 g/mol. The molecule has 0 atom stereocenters. The third-order valence-corrected chi connectivity index (χ3v) is 3.95. The van der Waals surface area contributed by atoms with Gasteiger partial charge in [-0.15, -0.1) is 0 Å². The molecule has 10 nitrogen and oxygen atoms in total. The van der Waals surface area contributed by atoms with Crippen LogP contribution in [0, 0.1) is 10.1 Å². The van der Waals surface area contributed by atoms with Gasteiger partial charge in [-0.1, -0.05) is 15.9 Å². The van der Waals surface area contributed by atoms with Crippen LogP contribution >= 0.6 is 15.9 Å². The molecule has 0 spiro atoms. The fourth-order valence-corrected chi connectivity index (χ4v) is 2.37. The first-order valence-corrected chi connectivity index (χ1v) is 11.3. The van der Waals surface area contributed by atoms with E-state index in [2.05, 4.69) is 15.9 Å². The van der Waals surface area contributed by atoms with Crippen LogP contribution in [0.15, 0.2) is 24.3 Å². The van der Waals surface area contributed by atoms with Crippen molar-refractivity contribution in [3.8, 4) is 5.75 Å². The molecule has 11 heteroatoms. The van der Waals surface area contributed by atoms with Crippen LogP contribution < -0.4 is 4.74 Å². The molecule has 0 aliphatic rings. The Bertz CT molecular complexity index is 548. The van der Waals surface area contributed by atoms with Crippen LogP contribution in [0.25, 0.3) is 0 Å². The van der Waals surface area contributed by atoms with Crippen LogP contribution in [0.2, 0.25) is 0 Å². The smallest absolute Gasteiger partial charge is 0.269 e. The Labute approximate surface area is 191 Å². The molecule has 0 saturated heterocycles. The number of hydrogen-bond donors (Lipinski definition) is 0. The maximum atomic E-state index is 10.6. The molecule has 1 aromatic rings. The highest BCUT2D eigenvalue weighted by Crippen LogP contribution is 2.16. The summed E-state index contributed by atoms with van der Waals surface area (Å²) in [6.45, 7) is 6.61. The number of nitro benzene ring substituents is 1. The first-order chi connectivity index (χ1) is 15.2. The summed E-state index contributed by atoms with van der Waals surface area (Å²) in [7, 11) is 0. The molecule has 0 aliphatic carbocycles. The lowest BCUT2D eigenvalue weighted by Crippen LogP contribution is -2.14. The minimum atomic E-state index is -0.450. The number of hydrogen-bond acceptors (Lipinski definition) is 9. The van der Waals surface area contributed by atoms with E-state index in [1.165, 1.54) is 12.1 Å². The SMILES string of the molecule is O=[N+]([O-])c1ccc(OCCOCCOCCOCCOCCOCCOCCBr)cc1. The van der Waals surface area contributed by atoms with Gasteiger partial charge in [-0.2, -0.15) is 0 Å². The van der Waals surface area contributed by atoms with Gasteiger partial charge >= 0.3 is 0 Å². The summed E-state index contributed by atoms with van der Waals surface area (Å²) in [6.07, 6.45) is 0. The van der Waals surface area contributed by atoms with Crippen molar-refractivity contribution in [2.24, 2.45) is 0 Å². The van der Waals surface area contributed by atoms with Crippen LogP contribution in [0.5, 0.6) is 5.75 Å². The molecule has 0 radical (unpaired) electrons. The molecule has 0 aliphatic heterocycles. The fourth-order valence-electron chi connectivity index (χ4n) is 2.14. The average Bonchev–Trinajstić information content (AvgIpc) is 2.78. The summed E-state index contributed by atoms with van der Waals surface area (Å²) in [5.74, 6) is 0.564. The zero-order chi connectivity index (χ0) is 22.4. The maximum absolute atomic E-state index is 10.6. The number of rotatable bonds is 22. The molecule has 0 heterocycles. The molecule has 1 aromatic carbocycles. The Hall–Kier alpha value is -1.34. The van der Waals surface area contributed by atoms with Gasteiger partial charge in [0.1, 0.15) is 12.4 Å². The Balaban J connectivity index is 1.75. The van der Waals surface area contributed by atoms with E-state index >= 15 is 0 Å². The van der Waals surface area contributed by atoms with Gasteiger partial charge in [0.05, 0.1) is 84.2 Å². The Morgan fingerprint density at radius 1 is 0.613 bits per heavy atom. The van der Waals surface area contributed by atoms with Gasteiger partial charge in [0.25, 0.3) is 5.69 Å². The highest BCUT2D eigenvalue weighted by Gasteiger charge is 2.04. The van der Waals surface area contributed by atoms with Crippen LogP contribution in [-0.2, 0) is 28.4 Å². The number of alkyl halides is 1. The van der Waals surface area contributed by atoms with Crippen LogP contribution in [0.4, 0.5) is 5.69 Å². The normalized spacial score (nSPS) is 11.0. The molecular weight excluding hydrogens is 478 g/mol. The quantitative estimate of drug-likeness (QED) is 0.101. The Morgan fingerprint density at radius 3 is 1.32 bits per heavy atom. The summed E-state index contributed by atoms with van der Waals surface area (Å²) in [6, 6.07) is 5.92. The molecule has 0 amide bonds. The van der Waals surface area contributed by atoms with E-state index in [0.717, 1.165) is 5.33 Å². The predicted octanol–water partition coefficient (Wildman–Crippen LogP) is 2.47. The second-order valence-electron chi connectivity index (χ2n) is 5.96. The number of halogens is 1. The molecule has 1 rings (SSSR count). The number of non-ortho nitro benzene ring substituents is 1. The average molecular weight is 510 g/mol. The summed E-state index contributed by atoms with van der Waals surface area (Å²) in [4.78, 5) is 10.1. The van der Waals surface area contributed by atoms with E-state index in [9.17, 15) is 10.1 Å². The third kappa shape index (κ3) is 17.0. The van der Waals surface area contributed by atoms with Gasteiger partial charge in [-0.25, -0.2) is 0 Å². The van der Waals surface area contributed by atoms with Crippen molar-refractivity contribution in [1.29, 1.82) is 0 Å². The molecule has 0 fully saturated rings. The van der Waals surface area contributed by atoms with Crippen molar-refractivity contribution >= 4 is 21.6 Å². The van der Waals surface area contributed by atoms with Gasteiger partial charge in [-0.3, -0.25) is 10.1 Å². The molecule has 0 saturated carbocycles. The van der Waals surface area contributed by atoms with Crippen molar-refractivity contribution in [2.45, 2.75) is 0 Å². The maximum Gasteiger partial charge on any atom is 0.269 e. The molecule has 0 unspecified atom stereocenters. The van der Waals surface area contributed by atoms with Gasteiger partial charge < -0.3 is 33.2 Å². The molecule has 0 N–H and O–H groups in total. The van der Waals surface area contributed by atoms with Gasteiger partial charge in [0.2, 0.25) is 0 Å². The lowest BCUT2D eigenvalue weighted by atomic mass is 10.3. The van der Waals surface area contributed by atoms with Crippen LogP contribution in [0.1, 0.15) is 0 Å². The molecule has 178 valence electrons. The fraction of sp³-hybridized carbons (Fsp3) is 0.700.